The van der Waals surface area contributed by atoms with E-state index in [0.29, 0.717) is 11.9 Å². The molecule has 1 N–H and O–H groups in total. The zero-order valence-electron chi connectivity index (χ0n) is 11.7. The molecule has 0 amide bonds. The number of aryl methyl sites for hydroxylation is 1. The lowest BCUT2D eigenvalue weighted by Crippen LogP contribution is -2.18. The second-order valence-electron chi connectivity index (χ2n) is 4.72. The van der Waals surface area contributed by atoms with Gasteiger partial charge in [-0.3, -0.25) is 0 Å². The molecular weight excluding hydrogens is 236 g/mol. The number of ether oxygens (including phenoxy) is 1. The molecule has 1 heterocycles. The molecule has 0 unspecified atom stereocenters. The topological polar surface area (TPSA) is 34.1 Å². The van der Waals surface area contributed by atoms with Crippen molar-refractivity contribution in [1.82, 2.24) is 10.3 Å². The quantitative estimate of drug-likeness (QED) is 0.891. The zero-order valence-corrected chi connectivity index (χ0v) is 11.7. The van der Waals surface area contributed by atoms with Crippen molar-refractivity contribution in [2.45, 2.75) is 26.4 Å². The molecule has 0 fully saturated rings. The number of nitrogens with zero attached hydrogens (tertiary/aromatic N) is 1. The maximum atomic E-state index is 5.04. The van der Waals surface area contributed by atoms with Crippen molar-refractivity contribution in [3.63, 3.8) is 0 Å². The van der Waals surface area contributed by atoms with Gasteiger partial charge in [0.1, 0.15) is 0 Å². The average Bonchev–Trinajstić information content (AvgIpc) is 2.46. The second-order valence-corrected chi connectivity index (χ2v) is 4.72. The Balaban J connectivity index is 1.92. The number of pyridine rings is 1. The molecular formula is C16H20N2O. The molecule has 0 saturated carbocycles. The van der Waals surface area contributed by atoms with Crippen LogP contribution in [0.2, 0.25) is 0 Å². The predicted octanol–water partition coefficient (Wildman–Crippen LogP) is 3.25. The minimum Gasteiger partial charge on any atom is -0.481 e. The summed E-state index contributed by atoms with van der Waals surface area (Å²) in [4.78, 5) is 4.20. The Hall–Kier alpha value is -1.87. The summed E-state index contributed by atoms with van der Waals surface area (Å²) in [5.41, 5.74) is 3.74. The predicted molar refractivity (Wildman–Crippen MR) is 77.2 cm³/mol. The summed E-state index contributed by atoms with van der Waals surface area (Å²) in [6, 6.07) is 12.8. The third-order valence-electron chi connectivity index (χ3n) is 3.20. The molecule has 2 rings (SSSR count). The molecule has 100 valence electrons. The summed E-state index contributed by atoms with van der Waals surface area (Å²) in [5, 5.41) is 3.49. The van der Waals surface area contributed by atoms with Gasteiger partial charge >= 0.3 is 0 Å². The Bertz CT molecular complexity index is 505. The second kappa shape index (κ2) is 6.34. The molecule has 3 nitrogen and oxygen atoms in total. The third kappa shape index (κ3) is 3.80. The van der Waals surface area contributed by atoms with Crippen LogP contribution in [0.4, 0.5) is 0 Å². The maximum Gasteiger partial charge on any atom is 0.212 e. The van der Waals surface area contributed by atoms with Crippen LogP contribution in [0.15, 0.2) is 42.6 Å². The standard InChI is InChI=1S/C16H20N2O/c1-12-4-7-15(8-5-12)13(2)17-10-14-6-9-16(19-3)18-11-14/h4-9,11,13,17H,10H2,1-3H3/t13-/m1/s1. The maximum absolute atomic E-state index is 5.04. The van der Waals surface area contributed by atoms with Gasteiger partial charge in [0.2, 0.25) is 5.88 Å². The van der Waals surface area contributed by atoms with E-state index < -0.39 is 0 Å². The molecule has 0 aliphatic carbocycles. The molecule has 0 spiro atoms. The fraction of sp³-hybridized carbons (Fsp3) is 0.312. The molecule has 19 heavy (non-hydrogen) atoms. The summed E-state index contributed by atoms with van der Waals surface area (Å²) in [5.74, 6) is 0.648. The van der Waals surface area contributed by atoms with E-state index >= 15 is 0 Å². The normalized spacial score (nSPS) is 12.2. The zero-order chi connectivity index (χ0) is 13.7. The monoisotopic (exact) mass is 256 g/mol. The molecule has 1 atom stereocenters. The first-order valence-corrected chi connectivity index (χ1v) is 6.48. The van der Waals surface area contributed by atoms with Gasteiger partial charge in [0, 0.05) is 24.8 Å². The number of methoxy groups -OCH3 is 1. The first-order valence-electron chi connectivity index (χ1n) is 6.48. The highest BCUT2D eigenvalue weighted by Crippen LogP contribution is 2.14. The molecule has 0 aliphatic heterocycles. The van der Waals surface area contributed by atoms with Crippen molar-refractivity contribution < 1.29 is 4.74 Å². The molecule has 3 heteroatoms. The van der Waals surface area contributed by atoms with Crippen LogP contribution in [0.25, 0.3) is 0 Å². The van der Waals surface area contributed by atoms with Gasteiger partial charge in [-0.05, 0) is 25.0 Å². The van der Waals surface area contributed by atoms with Crippen molar-refractivity contribution in [3.05, 3.63) is 59.3 Å². The van der Waals surface area contributed by atoms with E-state index in [4.69, 9.17) is 4.74 Å². The number of rotatable bonds is 5. The number of nitrogens with one attached hydrogen (secondary N) is 1. The Morgan fingerprint density at radius 2 is 1.89 bits per heavy atom. The van der Waals surface area contributed by atoms with Gasteiger partial charge in [-0.25, -0.2) is 4.98 Å². The van der Waals surface area contributed by atoms with Crippen molar-refractivity contribution in [2.24, 2.45) is 0 Å². The fourth-order valence-electron chi connectivity index (χ4n) is 1.88. The van der Waals surface area contributed by atoms with Gasteiger partial charge in [-0.2, -0.15) is 0 Å². The minimum atomic E-state index is 0.322. The van der Waals surface area contributed by atoms with Crippen molar-refractivity contribution in [2.75, 3.05) is 7.11 Å². The Labute approximate surface area is 114 Å². The smallest absolute Gasteiger partial charge is 0.212 e. The van der Waals surface area contributed by atoms with Crippen LogP contribution >= 0.6 is 0 Å². The lowest BCUT2D eigenvalue weighted by molar-refractivity contribution is 0.397. The highest BCUT2D eigenvalue weighted by atomic mass is 16.5. The Morgan fingerprint density at radius 3 is 2.47 bits per heavy atom. The lowest BCUT2D eigenvalue weighted by atomic mass is 10.1. The highest BCUT2D eigenvalue weighted by Gasteiger charge is 2.04. The first kappa shape index (κ1) is 13.6. The van der Waals surface area contributed by atoms with Crippen molar-refractivity contribution in [1.29, 1.82) is 0 Å². The van der Waals surface area contributed by atoms with Crippen LogP contribution in [0, 0.1) is 6.92 Å². The SMILES string of the molecule is COc1ccc(CN[C@H](C)c2ccc(C)cc2)cn1. The molecule has 0 saturated heterocycles. The molecule has 1 aromatic heterocycles. The lowest BCUT2D eigenvalue weighted by Gasteiger charge is -2.14. The third-order valence-corrected chi connectivity index (χ3v) is 3.20. The van der Waals surface area contributed by atoms with E-state index in [1.54, 1.807) is 7.11 Å². The Morgan fingerprint density at radius 1 is 1.16 bits per heavy atom. The van der Waals surface area contributed by atoms with Gasteiger partial charge in [-0.15, -0.1) is 0 Å². The summed E-state index contributed by atoms with van der Waals surface area (Å²) in [6.45, 7) is 5.07. The van der Waals surface area contributed by atoms with Crippen LogP contribution in [0.1, 0.15) is 29.7 Å². The molecule has 0 aliphatic rings. The van der Waals surface area contributed by atoms with Crippen molar-refractivity contribution >= 4 is 0 Å². The summed E-state index contributed by atoms with van der Waals surface area (Å²) in [6.07, 6.45) is 1.84. The summed E-state index contributed by atoms with van der Waals surface area (Å²) in [7, 11) is 1.62. The van der Waals surface area contributed by atoms with E-state index in [1.807, 2.05) is 18.3 Å². The van der Waals surface area contributed by atoms with E-state index in [9.17, 15) is 0 Å². The van der Waals surface area contributed by atoms with E-state index in [-0.39, 0.29) is 0 Å². The van der Waals surface area contributed by atoms with Gasteiger partial charge in [-0.1, -0.05) is 35.9 Å². The van der Waals surface area contributed by atoms with Crippen LogP contribution in [-0.4, -0.2) is 12.1 Å². The van der Waals surface area contributed by atoms with Crippen LogP contribution < -0.4 is 10.1 Å². The highest BCUT2D eigenvalue weighted by molar-refractivity contribution is 5.24. The van der Waals surface area contributed by atoms with E-state index in [1.165, 1.54) is 11.1 Å². The van der Waals surface area contributed by atoms with Crippen LogP contribution in [0.5, 0.6) is 5.88 Å². The van der Waals surface area contributed by atoms with E-state index in [0.717, 1.165) is 12.1 Å². The molecule has 1 aromatic carbocycles. The Kier molecular flexibility index (Phi) is 4.53. The summed E-state index contributed by atoms with van der Waals surface area (Å²) < 4.78 is 5.04. The summed E-state index contributed by atoms with van der Waals surface area (Å²) >= 11 is 0. The van der Waals surface area contributed by atoms with Gasteiger partial charge < -0.3 is 10.1 Å². The molecule has 0 bridgehead atoms. The molecule has 0 radical (unpaired) electrons. The van der Waals surface area contributed by atoms with Gasteiger partial charge in [0.05, 0.1) is 7.11 Å². The number of aromatic nitrogens is 1. The fourth-order valence-corrected chi connectivity index (χ4v) is 1.88. The van der Waals surface area contributed by atoms with Crippen molar-refractivity contribution in [3.8, 4) is 5.88 Å². The molecule has 2 aromatic rings. The van der Waals surface area contributed by atoms with Gasteiger partial charge in [0.25, 0.3) is 0 Å². The van der Waals surface area contributed by atoms with E-state index in [2.05, 4.69) is 48.4 Å². The largest absolute Gasteiger partial charge is 0.481 e. The minimum absolute atomic E-state index is 0.322. The number of hydrogen-bond acceptors (Lipinski definition) is 3. The number of hydrogen-bond donors (Lipinski definition) is 1. The van der Waals surface area contributed by atoms with Gasteiger partial charge in [0.15, 0.2) is 0 Å². The average molecular weight is 256 g/mol. The van der Waals surface area contributed by atoms with Crippen LogP contribution in [0.3, 0.4) is 0 Å². The first-order chi connectivity index (χ1) is 9.19. The van der Waals surface area contributed by atoms with Crippen LogP contribution in [-0.2, 0) is 6.54 Å². The number of benzene rings is 1.